The van der Waals surface area contributed by atoms with Crippen LogP contribution in [0.25, 0.3) is 10.8 Å². The minimum atomic E-state index is -0.471. The van der Waals surface area contributed by atoms with Crippen molar-refractivity contribution in [1.82, 2.24) is 15.6 Å². The molecule has 7 heteroatoms. The lowest BCUT2D eigenvalue weighted by molar-refractivity contribution is 0.581. The van der Waals surface area contributed by atoms with E-state index < -0.39 is 11.6 Å². The van der Waals surface area contributed by atoms with Crippen LogP contribution in [-0.2, 0) is 13.1 Å². The molecule has 0 unspecified atom stereocenters. The predicted octanol–water partition coefficient (Wildman–Crippen LogP) is 4.00. The minimum absolute atomic E-state index is 0. The molecule has 0 fully saturated rings. The Morgan fingerprint density at radius 3 is 2.62 bits per heavy atom. The second-order valence-corrected chi connectivity index (χ2v) is 5.49. The number of rotatable bonds is 4. The number of aliphatic imine (C=N–C) groups is 1. The number of guanidine groups is 1. The van der Waals surface area contributed by atoms with Gasteiger partial charge in [-0.2, -0.15) is 0 Å². The highest BCUT2D eigenvalue weighted by atomic mass is 127. The van der Waals surface area contributed by atoms with Crippen LogP contribution >= 0.6 is 24.0 Å². The molecule has 4 nitrogen and oxygen atoms in total. The van der Waals surface area contributed by atoms with Crippen LogP contribution in [0.5, 0.6) is 0 Å². The molecule has 0 aliphatic rings. The number of hydrogen-bond acceptors (Lipinski definition) is 2. The summed E-state index contributed by atoms with van der Waals surface area (Å²) in [5.41, 5.74) is 1.13. The van der Waals surface area contributed by atoms with Gasteiger partial charge in [0.1, 0.15) is 11.6 Å². The number of aromatic nitrogens is 1. The number of nitrogens with zero attached hydrogens (tertiary/aromatic N) is 2. The van der Waals surface area contributed by atoms with Crippen molar-refractivity contribution in [2.75, 3.05) is 7.05 Å². The molecule has 1 heterocycles. The standard InChI is InChI=1S/C19H18F2N4.HI/c1-22-19(24-11-14-10-15(20)6-7-17(14)21)25-12-18-16-5-3-2-4-13(16)8-9-23-18;/h2-10H,11-12H2,1H3,(H2,22,24,25);1H. The Kier molecular flexibility index (Phi) is 7.26. The molecule has 26 heavy (non-hydrogen) atoms. The zero-order valence-electron chi connectivity index (χ0n) is 14.2. The van der Waals surface area contributed by atoms with Crippen LogP contribution < -0.4 is 10.6 Å². The van der Waals surface area contributed by atoms with Crippen LogP contribution in [0.4, 0.5) is 8.78 Å². The molecular weight excluding hydrogens is 449 g/mol. The maximum absolute atomic E-state index is 13.7. The van der Waals surface area contributed by atoms with Gasteiger partial charge in [-0.25, -0.2) is 8.78 Å². The lowest BCUT2D eigenvalue weighted by Gasteiger charge is -2.13. The average molecular weight is 468 g/mol. The summed E-state index contributed by atoms with van der Waals surface area (Å²) in [5, 5.41) is 8.29. The third kappa shape index (κ3) is 4.87. The van der Waals surface area contributed by atoms with Gasteiger partial charge in [0.15, 0.2) is 5.96 Å². The number of halogens is 3. The molecule has 3 rings (SSSR count). The molecule has 2 N–H and O–H groups in total. The molecule has 0 aliphatic heterocycles. The normalized spacial score (nSPS) is 11.1. The van der Waals surface area contributed by atoms with E-state index in [1.807, 2.05) is 30.3 Å². The van der Waals surface area contributed by atoms with Crippen molar-refractivity contribution in [3.63, 3.8) is 0 Å². The number of fused-ring (bicyclic) bond motifs is 1. The highest BCUT2D eigenvalue weighted by Gasteiger charge is 2.06. The Hall–Kier alpha value is -2.29. The molecule has 1 aromatic heterocycles. The highest BCUT2D eigenvalue weighted by molar-refractivity contribution is 14.0. The number of nitrogens with one attached hydrogen (secondary N) is 2. The molecule has 0 spiro atoms. The van der Waals surface area contributed by atoms with E-state index >= 15 is 0 Å². The van der Waals surface area contributed by atoms with E-state index in [0.717, 1.165) is 28.6 Å². The second kappa shape index (κ2) is 9.42. The quantitative estimate of drug-likeness (QED) is 0.346. The van der Waals surface area contributed by atoms with Gasteiger partial charge in [0.25, 0.3) is 0 Å². The van der Waals surface area contributed by atoms with E-state index in [4.69, 9.17) is 0 Å². The van der Waals surface area contributed by atoms with Gasteiger partial charge < -0.3 is 10.6 Å². The van der Waals surface area contributed by atoms with Gasteiger partial charge in [0.2, 0.25) is 0 Å². The van der Waals surface area contributed by atoms with E-state index in [1.54, 1.807) is 13.2 Å². The third-order valence-corrected chi connectivity index (χ3v) is 3.86. The van der Waals surface area contributed by atoms with E-state index in [9.17, 15) is 8.78 Å². The summed E-state index contributed by atoms with van der Waals surface area (Å²) in [6.07, 6.45) is 1.76. The largest absolute Gasteiger partial charge is 0.352 e. The van der Waals surface area contributed by atoms with Crippen molar-refractivity contribution >= 4 is 40.7 Å². The van der Waals surface area contributed by atoms with Crippen LogP contribution in [0.2, 0.25) is 0 Å². The first-order valence-electron chi connectivity index (χ1n) is 7.88. The fourth-order valence-corrected chi connectivity index (χ4v) is 2.57. The Morgan fingerprint density at radius 1 is 1.04 bits per heavy atom. The summed E-state index contributed by atoms with van der Waals surface area (Å²) >= 11 is 0. The summed E-state index contributed by atoms with van der Waals surface area (Å²) in [6.45, 7) is 0.596. The van der Waals surface area contributed by atoms with Gasteiger partial charge in [-0.1, -0.05) is 24.3 Å². The van der Waals surface area contributed by atoms with Crippen molar-refractivity contribution < 1.29 is 8.78 Å². The minimum Gasteiger partial charge on any atom is -0.352 e. The number of hydrogen-bond donors (Lipinski definition) is 2. The molecule has 2 aromatic carbocycles. The summed E-state index contributed by atoms with van der Waals surface area (Å²) in [6, 6.07) is 13.3. The van der Waals surface area contributed by atoms with Gasteiger partial charge in [-0.3, -0.25) is 9.98 Å². The second-order valence-electron chi connectivity index (χ2n) is 5.49. The van der Waals surface area contributed by atoms with Gasteiger partial charge in [0, 0.05) is 30.7 Å². The molecular formula is C19H19F2IN4. The smallest absolute Gasteiger partial charge is 0.191 e. The Morgan fingerprint density at radius 2 is 1.81 bits per heavy atom. The van der Waals surface area contributed by atoms with Gasteiger partial charge in [0.05, 0.1) is 12.2 Å². The van der Waals surface area contributed by atoms with Gasteiger partial charge in [-0.05, 0) is 29.7 Å². The Labute approximate surface area is 167 Å². The molecule has 0 radical (unpaired) electrons. The average Bonchev–Trinajstić information content (AvgIpc) is 2.64. The molecule has 0 atom stereocenters. The zero-order chi connectivity index (χ0) is 17.6. The van der Waals surface area contributed by atoms with Crippen molar-refractivity contribution in [2.24, 2.45) is 4.99 Å². The van der Waals surface area contributed by atoms with Crippen LogP contribution in [0, 0.1) is 11.6 Å². The molecule has 0 saturated heterocycles. The third-order valence-electron chi connectivity index (χ3n) is 3.86. The fraction of sp³-hybridized carbons (Fsp3) is 0.158. The van der Waals surface area contributed by atoms with Crippen molar-refractivity contribution in [1.29, 1.82) is 0 Å². The van der Waals surface area contributed by atoms with Gasteiger partial charge in [-0.15, -0.1) is 24.0 Å². The van der Waals surface area contributed by atoms with Gasteiger partial charge >= 0.3 is 0 Å². The van der Waals surface area contributed by atoms with Crippen LogP contribution in [-0.4, -0.2) is 18.0 Å². The van der Waals surface area contributed by atoms with Crippen LogP contribution in [0.1, 0.15) is 11.3 Å². The molecule has 0 aliphatic carbocycles. The Bertz CT molecular complexity index is 910. The highest BCUT2D eigenvalue weighted by Crippen LogP contribution is 2.16. The summed E-state index contributed by atoms with van der Waals surface area (Å²) in [7, 11) is 1.62. The maximum Gasteiger partial charge on any atom is 0.191 e. The number of pyridine rings is 1. The maximum atomic E-state index is 13.7. The summed E-state index contributed by atoms with van der Waals surface area (Å²) in [4.78, 5) is 8.50. The first-order valence-corrected chi connectivity index (χ1v) is 7.88. The predicted molar refractivity (Wildman–Crippen MR) is 111 cm³/mol. The van der Waals surface area contributed by atoms with Crippen molar-refractivity contribution in [3.05, 3.63) is 77.6 Å². The molecule has 3 aromatic rings. The molecule has 0 saturated carbocycles. The van der Waals surface area contributed by atoms with Crippen molar-refractivity contribution in [3.8, 4) is 0 Å². The lowest BCUT2D eigenvalue weighted by Crippen LogP contribution is -2.36. The zero-order valence-corrected chi connectivity index (χ0v) is 16.5. The molecule has 0 bridgehead atoms. The summed E-state index contributed by atoms with van der Waals surface area (Å²) < 4.78 is 26.9. The first kappa shape index (κ1) is 20.0. The topological polar surface area (TPSA) is 49.3 Å². The van der Waals surface area contributed by atoms with E-state index in [2.05, 4.69) is 20.6 Å². The van der Waals surface area contributed by atoms with E-state index in [1.165, 1.54) is 6.07 Å². The monoisotopic (exact) mass is 468 g/mol. The van der Waals surface area contributed by atoms with Crippen LogP contribution in [0.15, 0.2) is 59.7 Å². The molecule has 136 valence electrons. The number of benzene rings is 2. The fourth-order valence-electron chi connectivity index (χ4n) is 2.57. The van der Waals surface area contributed by atoms with Crippen molar-refractivity contribution in [2.45, 2.75) is 13.1 Å². The van der Waals surface area contributed by atoms with E-state index in [0.29, 0.717) is 12.5 Å². The lowest BCUT2D eigenvalue weighted by atomic mass is 10.1. The SMILES string of the molecule is CN=C(NCc1cc(F)ccc1F)NCc1nccc2ccccc12.I. The summed E-state index contributed by atoms with van der Waals surface area (Å²) in [5.74, 6) is -0.445. The van der Waals surface area contributed by atoms with E-state index in [-0.39, 0.29) is 36.1 Å². The first-order chi connectivity index (χ1) is 12.2. The Balaban J connectivity index is 0.00000243. The van der Waals surface area contributed by atoms with Crippen LogP contribution in [0.3, 0.4) is 0 Å². The molecule has 0 amide bonds.